The molecule has 4 nitrogen and oxygen atoms in total. The summed E-state index contributed by atoms with van der Waals surface area (Å²) in [5.41, 5.74) is 0. The Hall–Kier alpha value is -0.610. The van der Waals surface area contributed by atoms with Crippen molar-refractivity contribution in [1.29, 1.82) is 0 Å². The molecule has 1 saturated heterocycles. The number of aliphatic hydroxyl groups is 1. The summed E-state index contributed by atoms with van der Waals surface area (Å²) in [4.78, 5) is 13.9. The molecule has 0 bridgehead atoms. The van der Waals surface area contributed by atoms with E-state index in [2.05, 4.69) is 5.32 Å². The van der Waals surface area contributed by atoms with E-state index in [0.717, 1.165) is 38.6 Å². The third-order valence-electron chi connectivity index (χ3n) is 3.70. The molecule has 2 aliphatic rings. The van der Waals surface area contributed by atoms with Gasteiger partial charge in [0.1, 0.15) is 0 Å². The molecule has 1 unspecified atom stereocenters. The van der Waals surface area contributed by atoms with Crippen LogP contribution >= 0.6 is 0 Å². The minimum atomic E-state index is -0.140. The van der Waals surface area contributed by atoms with Crippen molar-refractivity contribution in [2.75, 3.05) is 13.6 Å². The van der Waals surface area contributed by atoms with E-state index in [1.165, 1.54) is 0 Å². The zero-order valence-corrected chi connectivity index (χ0v) is 9.28. The van der Waals surface area contributed by atoms with Crippen LogP contribution in [0, 0.1) is 0 Å². The number of likely N-dealkylation sites (N-methyl/N-ethyl adjacent to an activating group) is 1. The fourth-order valence-corrected chi connectivity index (χ4v) is 2.70. The monoisotopic (exact) mass is 212 g/mol. The molecule has 0 spiro atoms. The van der Waals surface area contributed by atoms with Gasteiger partial charge in [0.25, 0.3) is 0 Å². The summed E-state index contributed by atoms with van der Waals surface area (Å²) in [6.45, 7) is 0.880. The zero-order valence-electron chi connectivity index (χ0n) is 9.28. The van der Waals surface area contributed by atoms with Gasteiger partial charge in [-0.05, 0) is 39.2 Å². The van der Waals surface area contributed by atoms with Gasteiger partial charge in [0, 0.05) is 12.6 Å². The van der Waals surface area contributed by atoms with E-state index >= 15 is 0 Å². The molecule has 2 N–H and O–H groups in total. The number of carbonyl (C=O) groups is 1. The Morgan fingerprint density at radius 1 is 1.27 bits per heavy atom. The van der Waals surface area contributed by atoms with Crippen molar-refractivity contribution in [3.8, 4) is 0 Å². The number of aliphatic hydroxyl groups excluding tert-OH is 1. The number of nitrogens with zero attached hydrogens (tertiary/aromatic N) is 1. The van der Waals surface area contributed by atoms with Crippen molar-refractivity contribution in [3.05, 3.63) is 0 Å². The fraction of sp³-hybridized carbons (Fsp3) is 0.909. The van der Waals surface area contributed by atoms with Gasteiger partial charge in [0.2, 0.25) is 5.91 Å². The zero-order chi connectivity index (χ0) is 10.8. The average molecular weight is 212 g/mol. The molecule has 0 radical (unpaired) electrons. The highest BCUT2D eigenvalue weighted by Crippen LogP contribution is 2.26. The molecular weight excluding hydrogens is 192 g/mol. The van der Waals surface area contributed by atoms with Crippen molar-refractivity contribution < 1.29 is 9.90 Å². The molecule has 2 fully saturated rings. The first-order valence-corrected chi connectivity index (χ1v) is 5.88. The molecular formula is C11H20N2O2. The van der Waals surface area contributed by atoms with E-state index in [0.29, 0.717) is 6.04 Å². The highest BCUT2D eigenvalue weighted by atomic mass is 16.3. The highest BCUT2D eigenvalue weighted by Gasteiger charge is 2.36. The molecule has 86 valence electrons. The topological polar surface area (TPSA) is 52.6 Å². The third-order valence-corrected chi connectivity index (χ3v) is 3.70. The van der Waals surface area contributed by atoms with E-state index < -0.39 is 0 Å². The maximum atomic E-state index is 11.9. The maximum Gasteiger partial charge on any atom is 0.240 e. The molecule has 15 heavy (non-hydrogen) atoms. The average Bonchev–Trinajstić information content (AvgIpc) is 2.61. The normalized spacial score (nSPS) is 37.3. The molecule has 0 aromatic rings. The van der Waals surface area contributed by atoms with E-state index in [1.54, 1.807) is 0 Å². The Kier molecular flexibility index (Phi) is 3.26. The van der Waals surface area contributed by atoms with E-state index in [-0.39, 0.29) is 18.1 Å². The number of hydrogen-bond donors (Lipinski definition) is 2. The van der Waals surface area contributed by atoms with Crippen LogP contribution in [0.2, 0.25) is 0 Å². The van der Waals surface area contributed by atoms with E-state index in [1.807, 2.05) is 11.9 Å². The van der Waals surface area contributed by atoms with Crippen molar-refractivity contribution in [3.63, 3.8) is 0 Å². The minimum absolute atomic E-state index is 0.0249. The van der Waals surface area contributed by atoms with Crippen LogP contribution in [-0.4, -0.2) is 47.7 Å². The van der Waals surface area contributed by atoms with Crippen molar-refractivity contribution in [1.82, 2.24) is 10.2 Å². The summed E-state index contributed by atoms with van der Waals surface area (Å²) in [5.74, 6) is 0.249. The summed E-state index contributed by atoms with van der Waals surface area (Å²) in [5, 5.41) is 12.5. The predicted molar refractivity (Wildman–Crippen MR) is 57.4 cm³/mol. The largest absolute Gasteiger partial charge is 0.393 e. The van der Waals surface area contributed by atoms with Gasteiger partial charge in [-0.2, -0.15) is 0 Å². The lowest BCUT2D eigenvalue weighted by atomic mass is 9.92. The first-order chi connectivity index (χ1) is 7.22. The lowest BCUT2D eigenvalue weighted by Crippen LogP contribution is -2.43. The van der Waals surface area contributed by atoms with E-state index in [9.17, 15) is 9.90 Å². The van der Waals surface area contributed by atoms with Crippen LogP contribution in [0.3, 0.4) is 0 Å². The Balaban J connectivity index is 1.92. The van der Waals surface area contributed by atoms with Gasteiger partial charge < -0.3 is 15.3 Å². The van der Waals surface area contributed by atoms with Gasteiger partial charge in [-0.1, -0.05) is 0 Å². The third kappa shape index (κ3) is 2.16. The van der Waals surface area contributed by atoms with Crippen LogP contribution in [0.1, 0.15) is 32.1 Å². The fourth-order valence-electron chi connectivity index (χ4n) is 2.70. The smallest absolute Gasteiger partial charge is 0.240 e. The molecule has 2 rings (SSSR count). The second kappa shape index (κ2) is 4.49. The lowest BCUT2D eigenvalue weighted by Gasteiger charge is -2.33. The summed E-state index contributed by atoms with van der Waals surface area (Å²) in [6.07, 6.45) is 4.40. The van der Waals surface area contributed by atoms with Crippen LogP contribution in [0.25, 0.3) is 0 Å². The maximum absolute atomic E-state index is 11.9. The van der Waals surface area contributed by atoms with Gasteiger partial charge >= 0.3 is 0 Å². The van der Waals surface area contributed by atoms with Gasteiger partial charge in [-0.15, -0.1) is 0 Å². The van der Waals surface area contributed by atoms with Crippen LogP contribution < -0.4 is 5.32 Å². The molecule has 1 aliphatic heterocycles. The lowest BCUT2D eigenvalue weighted by molar-refractivity contribution is -0.132. The Morgan fingerprint density at radius 3 is 2.47 bits per heavy atom. The number of likely N-dealkylation sites (tertiary alicyclic amines) is 1. The molecule has 1 saturated carbocycles. The summed E-state index contributed by atoms with van der Waals surface area (Å²) in [7, 11) is 1.84. The molecule has 0 aromatic heterocycles. The van der Waals surface area contributed by atoms with Gasteiger partial charge in [-0.3, -0.25) is 4.79 Å². The number of amides is 1. The summed E-state index contributed by atoms with van der Waals surface area (Å²) in [6, 6.07) is 0.399. The van der Waals surface area contributed by atoms with Crippen LogP contribution in [0.15, 0.2) is 0 Å². The van der Waals surface area contributed by atoms with E-state index in [4.69, 9.17) is 0 Å². The highest BCUT2D eigenvalue weighted by molar-refractivity contribution is 5.84. The van der Waals surface area contributed by atoms with Crippen molar-refractivity contribution in [2.24, 2.45) is 0 Å². The molecule has 1 atom stereocenters. The minimum Gasteiger partial charge on any atom is -0.393 e. The number of carbonyl (C=O) groups excluding carboxylic acids is 1. The summed E-state index contributed by atoms with van der Waals surface area (Å²) < 4.78 is 0. The van der Waals surface area contributed by atoms with Gasteiger partial charge in [-0.25, -0.2) is 0 Å². The standard InChI is InChI=1S/C11H20N2O2/c1-12-10-6-7-13(11(10)15)8-2-4-9(14)5-3-8/h8-10,12,14H,2-7H2,1H3. The Labute approximate surface area is 90.6 Å². The first kappa shape index (κ1) is 10.9. The van der Waals surface area contributed by atoms with Crippen LogP contribution in [0.5, 0.6) is 0 Å². The number of rotatable bonds is 2. The molecule has 4 heteroatoms. The summed E-state index contributed by atoms with van der Waals surface area (Å²) >= 11 is 0. The quantitative estimate of drug-likeness (QED) is 0.683. The predicted octanol–water partition coefficient (Wildman–Crippen LogP) is 0.110. The molecule has 0 aromatic carbocycles. The number of hydrogen-bond acceptors (Lipinski definition) is 3. The second-order valence-electron chi connectivity index (χ2n) is 4.62. The van der Waals surface area contributed by atoms with Gasteiger partial charge in [0.15, 0.2) is 0 Å². The Bertz CT molecular complexity index is 237. The first-order valence-electron chi connectivity index (χ1n) is 5.88. The Morgan fingerprint density at radius 2 is 1.93 bits per heavy atom. The SMILES string of the molecule is CNC1CCN(C2CCC(O)CC2)C1=O. The second-order valence-corrected chi connectivity index (χ2v) is 4.62. The van der Waals surface area contributed by atoms with Crippen molar-refractivity contribution in [2.45, 2.75) is 50.3 Å². The molecule has 1 amide bonds. The number of nitrogens with one attached hydrogen (secondary N) is 1. The van der Waals surface area contributed by atoms with Gasteiger partial charge in [0.05, 0.1) is 12.1 Å². The van der Waals surface area contributed by atoms with Crippen molar-refractivity contribution >= 4 is 5.91 Å². The molecule has 1 heterocycles. The van der Waals surface area contributed by atoms with Crippen LogP contribution in [-0.2, 0) is 4.79 Å². The molecule has 1 aliphatic carbocycles. The van der Waals surface area contributed by atoms with Crippen LogP contribution in [0.4, 0.5) is 0 Å².